The average Bonchev–Trinajstić information content (AvgIpc) is 2.47. The number of urea groups is 1. The molecule has 1 atom stereocenters. The number of nitrogens with zero attached hydrogens (tertiary/aromatic N) is 1. The number of ether oxygens (including phenoxy) is 2. The lowest BCUT2D eigenvalue weighted by Gasteiger charge is -2.31. The molecule has 0 spiro atoms. The van der Waals surface area contributed by atoms with E-state index in [0.717, 1.165) is 0 Å². The summed E-state index contributed by atoms with van der Waals surface area (Å²) in [5.74, 6) is 1.31. The van der Waals surface area contributed by atoms with Crippen molar-refractivity contribution in [2.75, 3.05) is 31.6 Å². The van der Waals surface area contributed by atoms with Gasteiger partial charge in [0.2, 0.25) is 0 Å². The van der Waals surface area contributed by atoms with Gasteiger partial charge in [0.1, 0.15) is 5.75 Å². The molecule has 0 aromatic heterocycles. The Hall–Kier alpha value is -1.46. The molecule has 126 valence electrons. The average molecular weight is 339 g/mol. The molecule has 0 radical (unpaired) electrons. The van der Waals surface area contributed by atoms with Crippen molar-refractivity contribution in [2.24, 2.45) is 5.92 Å². The number of carbonyl (C=O) groups excluding carboxylic acids is 1. The Kier molecular flexibility index (Phi) is 5.28. The van der Waals surface area contributed by atoms with Crippen molar-refractivity contribution >= 4 is 23.3 Å². The van der Waals surface area contributed by atoms with Gasteiger partial charge in [-0.1, -0.05) is 18.0 Å². The third kappa shape index (κ3) is 4.30. The number of anilines is 1. The maximum absolute atomic E-state index is 12.4. The molecule has 1 aromatic rings. The van der Waals surface area contributed by atoms with Gasteiger partial charge in [-0.2, -0.15) is 0 Å². The Morgan fingerprint density at radius 1 is 1.48 bits per heavy atom. The first-order valence-corrected chi connectivity index (χ1v) is 8.59. The van der Waals surface area contributed by atoms with Gasteiger partial charge in [-0.15, -0.1) is 0 Å². The van der Waals surface area contributed by atoms with E-state index in [1.165, 1.54) is 19.3 Å². The second-order valence-corrected chi connectivity index (χ2v) is 6.74. The van der Waals surface area contributed by atoms with Crippen LogP contribution in [0.5, 0.6) is 5.75 Å². The minimum Gasteiger partial charge on any atom is -0.491 e. The Morgan fingerprint density at radius 2 is 2.30 bits per heavy atom. The van der Waals surface area contributed by atoms with Crippen LogP contribution in [0.4, 0.5) is 10.5 Å². The maximum atomic E-state index is 12.4. The fourth-order valence-corrected chi connectivity index (χ4v) is 2.96. The van der Waals surface area contributed by atoms with Crippen molar-refractivity contribution in [1.29, 1.82) is 0 Å². The minimum absolute atomic E-state index is 0.0585. The predicted octanol–water partition coefficient (Wildman–Crippen LogP) is 3.77. The molecule has 2 fully saturated rings. The maximum Gasteiger partial charge on any atom is 0.322 e. The van der Waals surface area contributed by atoms with Gasteiger partial charge in [-0.05, 0) is 43.9 Å². The summed E-state index contributed by atoms with van der Waals surface area (Å²) in [5.41, 5.74) is 0.626. The normalized spacial score (nSPS) is 21.7. The molecule has 1 saturated carbocycles. The molecule has 2 aliphatic rings. The van der Waals surface area contributed by atoms with Gasteiger partial charge in [0.15, 0.2) is 0 Å². The number of amides is 2. The van der Waals surface area contributed by atoms with Crippen LogP contribution in [0.1, 0.15) is 26.2 Å². The number of halogens is 1. The quantitative estimate of drug-likeness (QED) is 0.909. The van der Waals surface area contributed by atoms with Crippen molar-refractivity contribution in [3.8, 4) is 5.75 Å². The van der Waals surface area contributed by atoms with Gasteiger partial charge in [0.05, 0.1) is 25.0 Å². The van der Waals surface area contributed by atoms with E-state index in [2.05, 4.69) is 5.32 Å². The molecule has 1 N–H and O–H groups in total. The lowest BCUT2D eigenvalue weighted by Crippen LogP contribution is -2.46. The summed E-state index contributed by atoms with van der Waals surface area (Å²) in [5, 5.41) is 3.50. The summed E-state index contributed by atoms with van der Waals surface area (Å²) in [6, 6.07) is 5.19. The molecule has 1 unspecified atom stereocenters. The molecule has 2 amide bonds. The number of rotatable bonds is 4. The monoisotopic (exact) mass is 338 g/mol. The third-order valence-corrected chi connectivity index (χ3v) is 4.65. The smallest absolute Gasteiger partial charge is 0.322 e. The van der Waals surface area contributed by atoms with Gasteiger partial charge in [-0.3, -0.25) is 0 Å². The number of nitrogens with one attached hydrogen (secondary N) is 1. The number of benzene rings is 1. The molecule has 1 aliphatic heterocycles. The Morgan fingerprint density at radius 3 is 3.00 bits per heavy atom. The van der Waals surface area contributed by atoms with Crippen molar-refractivity contribution in [3.05, 3.63) is 23.2 Å². The van der Waals surface area contributed by atoms with E-state index in [4.69, 9.17) is 21.1 Å². The van der Waals surface area contributed by atoms with E-state index in [1.807, 2.05) is 13.0 Å². The van der Waals surface area contributed by atoms with Gasteiger partial charge < -0.3 is 19.7 Å². The Balaban J connectivity index is 1.64. The SMILES string of the molecule is CC1CN(C(=O)Nc2cc(Cl)ccc2OCC2CCC2)CCO1. The van der Waals surface area contributed by atoms with Crippen LogP contribution >= 0.6 is 11.6 Å². The highest BCUT2D eigenvalue weighted by atomic mass is 35.5. The summed E-state index contributed by atoms with van der Waals surface area (Å²) in [7, 11) is 0. The van der Waals surface area contributed by atoms with Crippen molar-refractivity contribution in [3.63, 3.8) is 0 Å². The fourth-order valence-electron chi connectivity index (χ4n) is 2.79. The highest BCUT2D eigenvalue weighted by Gasteiger charge is 2.23. The fraction of sp³-hybridized carbons (Fsp3) is 0.588. The van der Waals surface area contributed by atoms with Gasteiger partial charge >= 0.3 is 6.03 Å². The molecule has 1 heterocycles. The molecular formula is C17H23ClN2O3. The van der Waals surface area contributed by atoms with Crippen LogP contribution in [0.15, 0.2) is 18.2 Å². The summed E-state index contributed by atoms with van der Waals surface area (Å²) < 4.78 is 11.4. The van der Waals surface area contributed by atoms with E-state index >= 15 is 0 Å². The number of hydrogen-bond acceptors (Lipinski definition) is 3. The van der Waals surface area contributed by atoms with Gasteiger partial charge in [-0.25, -0.2) is 4.79 Å². The highest BCUT2D eigenvalue weighted by molar-refractivity contribution is 6.31. The topological polar surface area (TPSA) is 50.8 Å². The largest absolute Gasteiger partial charge is 0.491 e. The molecule has 6 heteroatoms. The molecular weight excluding hydrogens is 316 g/mol. The van der Waals surface area contributed by atoms with Crippen molar-refractivity contribution in [2.45, 2.75) is 32.3 Å². The zero-order valence-electron chi connectivity index (χ0n) is 13.4. The molecule has 1 saturated heterocycles. The lowest BCUT2D eigenvalue weighted by molar-refractivity contribution is -0.00139. The number of morpholine rings is 1. The zero-order valence-corrected chi connectivity index (χ0v) is 14.1. The van der Waals surface area contributed by atoms with Crippen LogP contribution in [0.25, 0.3) is 0 Å². The lowest BCUT2D eigenvalue weighted by atomic mass is 9.86. The van der Waals surface area contributed by atoms with E-state index in [-0.39, 0.29) is 12.1 Å². The van der Waals surface area contributed by atoms with E-state index in [0.29, 0.717) is 48.7 Å². The van der Waals surface area contributed by atoms with Crippen LogP contribution in [0.2, 0.25) is 5.02 Å². The van der Waals surface area contributed by atoms with E-state index < -0.39 is 0 Å². The summed E-state index contributed by atoms with van der Waals surface area (Å²) >= 11 is 6.07. The minimum atomic E-state index is -0.143. The second kappa shape index (κ2) is 7.41. The molecule has 5 nitrogen and oxygen atoms in total. The summed E-state index contributed by atoms with van der Waals surface area (Å²) in [6.07, 6.45) is 3.79. The first-order valence-electron chi connectivity index (χ1n) is 8.21. The zero-order chi connectivity index (χ0) is 16.2. The number of hydrogen-bond donors (Lipinski definition) is 1. The Labute approximate surface area is 141 Å². The van der Waals surface area contributed by atoms with Gasteiger partial charge in [0.25, 0.3) is 0 Å². The standard InChI is InChI=1S/C17H23ClN2O3/c1-12-10-20(7-8-22-12)17(21)19-15-9-14(18)5-6-16(15)23-11-13-3-2-4-13/h5-6,9,12-13H,2-4,7-8,10-11H2,1H3,(H,19,21). The van der Waals surface area contributed by atoms with Crippen LogP contribution in [0.3, 0.4) is 0 Å². The van der Waals surface area contributed by atoms with Crippen molar-refractivity contribution in [1.82, 2.24) is 4.90 Å². The predicted molar refractivity (Wildman–Crippen MR) is 90.3 cm³/mol. The van der Waals surface area contributed by atoms with E-state index in [1.54, 1.807) is 17.0 Å². The van der Waals surface area contributed by atoms with Gasteiger partial charge in [0, 0.05) is 18.1 Å². The van der Waals surface area contributed by atoms with Crippen LogP contribution < -0.4 is 10.1 Å². The number of carbonyl (C=O) groups is 1. The molecule has 1 aromatic carbocycles. The molecule has 23 heavy (non-hydrogen) atoms. The van der Waals surface area contributed by atoms with Crippen LogP contribution in [-0.2, 0) is 4.74 Å². The van der Waals surface area contributed by atoms with Crippen LogP contribution in [-0.4, -0.2) is 43.3 Å². The van der Waals surface area contributed by atoms with E-state index in [9.17, 15) is 4.79 Å². The highest BCUT2D eigenvalue weighted by Crippen LogP contribution is 2.32. The molecule has 1 aliphatic carbocycles. The molecule has 0 bridgehead atoms. The Bertz CT molecular complexity index is 563. The third-order valence-electron chi connectivity index (χ3n) is 4.41. The first kappa shape index (κ1) is 16.4. The summed E-state index contributed by atoms with van der Waals surface area (Å²) in [6.45, 7) is 4.40. The summed E-state index contributed by atoms with van der Waals surface area (Å²) in [4.78, 5) is 14.2. The van der Waals surface area contributed by atoms with Crippen LogP contribution in [0, 0.1) is 5.92 Å². The van der Waals surface area contributed by atoms with Crippen molar-refractivity contribution < 1.29 is 14.3 Å². The molecule has 3 rings (SSSR count). The first-order chi connectivity index (χ1) is 11.1. The second-order valence-electron chi connectivity index (χ2n) is 6.31.